The van der Waals surface area contributed by atoms with E-state index in [9.17, 15) is 8.42 Å². The van der Waals surface area contributed by atoms with Gasteiger partial charge in [0.2, 0.25) is 0 Å². The Bertz CT molecular complexity index is 1010. The standard InChI is InChI=1S/C23H27NO3S/c1-23(19-11-13-27-14-12-19)16-24(22-8-3-2-7-21(22)23)28(25,26)20-10-9-17-5-4-6-18(17)15-20/h2-3,7-10,15,19H,4-6,11-14,16H2,1H3. The molecule has 2 aromatic rings. The fourth-order valence-corrected chi connectivity index (χ4v) is 7.02. The zero-order valence-electron chi connectivity index (χ0n) is 16.4. The van der Waals surface area contributed by atoms with Crippen molar-refractivity contribution >= 4 is 15.7 Å². The van der Waals surface area contributed by atoms with Gasteiger partial charge in [-0.25, -0.2) is 8.42 Å². The maximum atomic E-state index is 13.7. The molecule has 3 aliphatic rings. The quantitative estimate of drug-likeness (QED) is 0.784. The van der Waals surface area contributed by atoms with Gasteiger partial charge in [0.25, 0.3) is 10.0 Å². The summed E-state index contributed by atoms with van der Waals surface area (Å²) in [6.45, 7) is 4.27. The largest absolute Gasteiger partial charge is 0.381 e. The molecule has 4 nitrogen and oxygen atoms in total. The van der Waals surface area contributed by atoms with Crippen LogP contribution < -0.4 is 4.31 Å². The van der Waals surface area contributed by atoms with Crippen molar-refractivity contribution in [3.05, 3.63) is 59.2 Å². The van der Waals surface area contributed by atoms with E-state index >= 15 is 0 Å². The van der Waals surface area contributed by atoms with Crippen LogP contribution in [0.15, 0.2) is 47.4 Å². The summed E-state index contributed by atoms with van der Waals surface area (Å²) in [6, 6.07) is 13.8. The lowest BCUT2D eigenvalue weighted by Gasteiger charge is -2.37. The molecule has 28 heavy (non-hydrogen) atoms. The van der Waals surface area contributed by atoms with E-state index in [-0.39, 0.29) is 5.41 Å². The molecule has 0 bridgehead atoms. The number of fused-ring (bicyclic) bond motifs is 2. The number of nitrogens with zero attached hydrogens (tertiary/aromatic N) is 1. The fraction of sp³-hybridized carbons (Fsp3) is 0.478. The second-order valence-corrected chi connectivity index (χ2v) is 10.5. The van der Waals surface area contributed by atoms with Crippen molar-refractivity contribution < 1.29 is 13.2 Å². The van der Waals surface area contributed by atoms with E-state index < -0.39 is 10.0 Å². The smallest absolute Gasteiger partial charge is 0.264 e. The summed E-state index contributed by atoms with van der Waals surface area (Å²) < 4.78 is 34.6. The van der Waals surface area contributed by atoms with E-state index in [0.717, 1.165) is 56.6 Å². The zero-order chi connectivity index (χ0) is 19.4. The van der Waals surface area contributed by atoms with Crippen LogP contribution in [0.25, 0.3) is 0 Å². The van der Waals surface area contributed by atoms with Crippen LogP contribution in [-0.2, 0) is 33.0 Å². The normalized spacial score (nSPS) is 25.0. The molecule has 148 valence electrons. The highest BCUT2D eigenvalue weighted by molar-refractivity contribution is 7.92. The van der Waals surface area contributed by atoms with E-state index in [1.165, 1.54) is 11.1 Å². The van der Waals surface area contributed by atoms with Crippen molar-refractivity contribution in [2.45, 2.75) is 49.3 Å². The van der Waals surface area contributed by atoms with Crippen LogP contribution >= 0.6 is 0 Å². The van der Waals surface area contributed by atoms with E-state index in [1.54, 1.807) is 10.4 Å². The van der Waals surface area contributed by atoms with Gasteiger partial charge in [0.05, 0.1) is 10.6 Å². The van der Waals surface area contributed by atoms with Gasteiger partial charge in [-0.1, -0.05) is 31.2 Å². The van der Waals surface area contributed by atoms with E-state index in [1.807, 2.05) is 30.3 Å². The van der Waals surface area contributed by atoms with Crippen molar-refractivity contribution in [1.29, 1.82) is 0 Å². The summed E-state index contributed by atoms with van der Waals surface area (Å²) in [4.78, 5) is 0.430. The molecule has 0 spiro atoms. The Morgan fingerprint density at radius 1 is 1.04 bits per heavy atom. The predicted octanol–water partition coefficient (Wildman–Crippen LogP) is 4.07. The third-order valence-electron chi connectivity index (χ3n) is 7.04. The lowest BCUT2D eigenvalue weighted by atomic mass is 9.70. The second kappa shape index (κ2) is 6.60. The van der Waals surface area contributed by atoms with Crippen LogP contribution in [0.4, 0.5) is 5.69 Å². The molecule has 2 heterocycles. The van der Waals surface area contributed by atoms with Crippen LogP contribution in [0, 0.1) is 5.92 Å². The predicted molar refractivity (Wildman–Crippen MR) is 110 cm³/mol. The van der Waals surface area contributed by atoms with Gasteiger partial charge >= 0.3 is 0 Å². The highest BCUT2D eigenvalue weighted by atomic mass is 32.2. The van der Waals surface area contributed by atoms with Gasteiger partial charge in [0.1, 0.15) is 0 Å². The summed E-state index contributed by atoms with van der Waals surface area (Å²) in [5, 5.41) is 0. The van der Waals surface area contributed by atoms with Gasteiger partial charge < -0.3 is 4.74 Å². The van der Waals surface area contributed by atoms with E-state index in [4.69, 9.17) is 4.74 Å². The Morgan fingerprint density at radius 3 is 2.61 bits per heavy atom. The van der Waals surface area contributed by atoms with Crippen molar-refractivity contribution in [3.63, 3.8) is 0 Å². The first-order valence-corrected chi connectivity index (χ1v) is 11.8. The van der Waals surface area contributed by atoms with Crippen LogP contribution in [-0.4, -0.2) is 28.2 Å². The molecule has 2 aromatic carbocycles. The van der Waals surface area contributed by atoms with Gasteiger partial charge in [-0.3, -0.25) is 4.31 Å². The molecule has 1 saturated heterocycles. The molecule has 0 saturated carbocycles. The summed E-state index contributed by atoms with van der Waals surface area (Å²) in [5.74, 6) is 0.433. The number of ether oxygens (including phenoxy) is 1. The van der Waals surface area contributed by atoms with Crippen molar-refractivity contribution in [3.8, 4) is 0 Å². The van der Waals surface area contributed by atoms with Crippen LogP contribution in [0.5, 0.6) is 0 Å². The average molecular weight is 398 g/mol. The summed E-state index contributed by atoms with van der Waals surface area (Å²) in [6.07, 6.45) is 5.13. The maximum absolute atomic E-state index is 13.7. The Morgan fingerprint density at radius 2 is 1.79 bits per heavy atom. The molecule has 0 N–H and O–H groups in total. The molecule has 1 unspecified atom stereocenters. The van der Waals surface area contributed by atoms with E-state index in [2.05, 4.69) is 13.0 Å². The zero-order valence-corrected chi connectivity index (χ0v) is 17.2. The molecular weight excluding hydrogens is 370 g/mol. The van der Waals surface area contributed by atoms with Crippen molar-refractivity contribution in [2.75, 3.05) is 24.1 Å². The molecule has 1 atom stereocenters. The number of hydrogen-bond acceptors (Lipinski definition) is 3. The first-order valence-electron chi connectivity index (χ1n) is 10.3. The molecule has 1 fully saturated rings. The second-order valence-electron chi connectivity index (χ2n) is 8.62. The Hall–Kier alpha value is -1.85. The molecule has 0 aromatic heterocycles. The summed E-state index contributed by atoms with van der Waals surface area (Å²) >= 11 is 0. The highest BCUT2D eigenvalue weighted by Crippen LogP contribution is 2.49. The molecule has 0 radical (unpaired) electrons. The Labute approximate surface area is 167 Å². The lowest BCUT2D eigenvalue weighted by Crippen LogP contribution is -2.42. The number of para-hydroxylation sites is 1. The Balaban J connectivity index is 1.57. The lowest BCUT2D eigenvalue weighted by molar-refractivity contribution is 0.0435. The average Bonchev–Trinajstić information content (AvgIpc) is 3.32. The Kier molecular flexibility index (Phi) is 4.29. The van der Waals surface area contributed by atoms with Gasteiger partial charge in [-0.2, -0.15) is 0 Å². The molecule has 5 heteroatoms. The molecular formula is C23H27NO3S. The number of aryl methyl sites for hydroxylation is 2. The van der Waals surface area contributed by atoms with Crippen LogP contribution in [0.1, 0.15) is 42.9 Å². The third-order valence-corrected chi connectivity index (χ3v) is 8.80. The minimum absolute atomic E-state index is 0.176. The van der Waals surface area contributed by atoms with Crippen LogP contribution in [0.3, 0.4) is 0 Å². The fourth-order valence-electron chi connectivity index (χ4n) is 5.38. The van der Waals surface area contributed by atoms with Gasteiger partial charge in [0.15, 0.2) is 0 Å². The number of anilines is 1. The first-order chi connectivity index (χ1) is 13.5. The van der Waals surface area contributed by atoms with Gasteiger partial charge in [-0.05, 0) is 72.9 Å². The van der Waals surface area contributed by atoms with Gasteiger partial charge in [-0.15, -0.1) is 0 Å². The summed E-state index contributed by atoms with van der Waals surface area (Å²) in [5.41, 5.74) is 4.32. The number of hydrogen-bond donors (Lipinski definition) is 0. The topological polar surface area (TPSA) is 46.6 Å². The van der Waals surface area contributed by atoms with E-state index in [0.29, 0.717) is 17.4 Å². The molecule has 0 amide bonds. The number of rotatable bonds is 3. The minimum Gasteiger partial charge on any atom is -0.381 e. The molecule has 5 rings (SSSR count). The first kappa shape index (κ1) is 18.2. The highest BCUT2D eigenvalue weighted by Gasteiger charge is 2.48. The minimum atomic E-state index is -3.58. The number of sulfonamides is 1. The van der Waals surface area contributed by atoms with Gasteiger partial charge in [0, 0.05) is 25.2 Å². The number of benzene rings is 2. The SMILES string of the molecule is CC1(C2CCOCC2)CN(S(=O)(=O)c2ccc3c(c2)CCC3)c2ccccc21. The third kappa shape index (κ3) is 2.71. The summed E-state index contributed by atoms with van der Waals surface area (Å²) in [7, 11) is -3.58. The van der Waals surface area contributed by atoms with Crippen LogP contribution in [0.2, 0.25) is 0 Å². The molecule has 1 aliphatic carbocycles. The molecule has 2 aliphatic heterocycles. The monoisotopic (exact) mass is 397 g/mol. The van der Waals surface area contributed by atoms with Crippen molar-refractivity contribution in [2.24, 2.45) is 5.92 Å². The maximum Gasteiger partial charge on any atom is 0.264 e. The van der Waals surface area contributed by atoms with Crippen molar-refractivity contribution in [1.82, 2.24) is 0 Å².